The molecular weight excluding hydrogens is 418 g/mol. The first kappa shape index (κ1) is 20.3. The second-order valence-corrected chi connectivity index (χ2v) is 9.08. The number of rotatable bonds is 5. The highest BCUT2D eigenvalue weighted by atomic mass is 32.1. The Bertz CT molecular complexity index is 1230. The van der Waals surface area contributed by atoms with Crippen molar-refractivity contribution < 1.29 is 4.79 Å². The summed E-state index contributed by atoms with van der Waals surface area (Å²) in [4.78, 5) is 30.9. The topological polar surface area (TPSA) is 71.0 Å². The SMILES string of the molecule is Cc1ccc(C(=O)N2CCCC2c2nc(Nc3ccccc3)cc(-c3ccncc3)n2)s1. The Morgan fingerprint density at radius 3 is 2.62 bits per heavy atom. The third-order valence-electron chi connectivity index (χ3n) is 5.53. The molecule has 6 nitrogen and oxygen atoms in total. The van der Waals surface area contributed by atoms with Gasteiger partial charge in [-0.05, 0) is 56.2 Å². The van der Waals surface area contributed by atoms with E-state index >= 15 is 0 Å². The van der Waals surface area contributed by atoms with E-state index in [1.807, 2.05) is 72.5 Å². The number of carbonyl (C=O) groups is 1. The van der Waals surface area contributed by atoms with E-state index in [4.69, 9.17) is 9.97 Å². The molecule has 7 heteroatoms. The molecule has 1 saturated heterocycles. The van der Waals surface area contributed by atoms with Crippen molar-refractivity contribution in [2.75, 3.05) is 11.9 Å². The molecule has 1 aliphatic rings. The normalized spacial score (nSPS) is 15.7. The molecule has 160 valence electrons. The van der Waals surface area contributed by atoms with E-state index in [0.29, 0.717) is 18.2 Å². The number of hydrogen-bond acceptors (Lipinski definition) is 6. The predicted octanol–water partition coefficient (Wildman–Crippen LogP) is 5.63. The van der Waals surface area contributed by atoms with Crippen molar-refractivity contribution >= 4 is 28.7 Å². The number of hydrogen-bond donors (Lipinski definition) is 1. The van der Waals surface area contributed by atoms with Crippen molar-refractivity contribution in [3.05, 3.63) is 88.6 Å². The maximum absolute atomic E-state index is 13.2. The summed E-state index contributed by atoms with van der Waals surface area (Å²) in [5, 5.41) is 3.39. The van der Waals surface area contributed by atoms with Gasteiger partial charge in [-0.2, -0.15) is 0 Å². The van der Waals surface area contributed by atoms with Crippen LogP contribution in [0.2, 0.25) is 0 Å². The molecule has 4 heterocycles. The van der Waals surface area contributed by atoms with Crippen molar-refractivity contribution in [3.63, 3.8) is 0 Å². The fourth-order valence-electron chi connectivity index (χ4n) is 3.99. The third-order valence-corrected chi connectivity index (χ3v) is 6.52. The number of nitrogens with one attached hydrogen (secondary N) is 1. The third kappa shape index (κ3) is 4.24. The van der Waals surface area contributed by atoms with Gasteiger partial charge in [0.15, 0.2) is 5.82 Å². The van der Waals surface area contributed by atoms with Crippen LogP contribution in [0.15, 0.2) is 73.1 Å². The molecule has 0 spiro atoms. The highest BCUT2D eigenvalue weighted by molar-refractivity contribution is 7.13. The van der Waals surface area contributed by atoms with Crippen LogP contribution in [-0.2, 0) is 0 Å². The predicted molar refractivity (Wildman–Crippen MR) is 127 cm³/mol. The molecule has 3 aromatic heterocycles. The number of para-hydroxylation sites is 1. The summed E-state index contributed by atoms with van der Waals surface area (Å²) < 4.78 is 0. The number of aryl methyl sites for hydroxylation is 1. The molecule has 1 aromatic carbocycles. The fourth-order valence-corrected chi connectivity index (χ4v) is 4.81. The van der Waals surface area contributed by atoms with Crippen LogP contribution < -0.4 is 5.32 Å². The van der Waals surface area contributed by atoms with Crippen LogP contribution in [0, 0.1) is 6.92 Å². The maximum atomic E-state index is 13.2. The van der Waals surface area contributed by atoms with E-state index in [0.717, 1.165) is 39.5 Å². The number of likely N-dealkylation sites (tertiary alicyclic amines) is 1. The van der Waals surface area contributed by atoms with Gasteiger partial charge in [0.05, 0.1) is 16.6 Å². The van der Waals surface area contributed by atoms with E-state index in [1.54, 1.807) is 12.4 Å². The zero-order valence-corrected chi connectivity index (χ0v) is 18.5. The first-order valence-electron chi connectivity index (χ1n) is 10.7. The number of carbonyl (C=O) groups excluding carboxylic acids is 1. The Balaban J connectivity index is 1.53. The molecule has 0 saturated carbocycles. The average Bonchev–Trinajstić information content (AvgIpc) is 3.49. The van der Waals surface area contributed by atoms with E-state index in [9.17, 15) is 4.79 Å². The number of pyridine rings is 1. The van der Waals surface area contributed by atoms with Crippen molar-refractivity contribution in [2.45, 2.75) is 25.8 Å². The number of aromatic nitrogens is 3. The van der Waals surface area contributed by atoms with Gasteiger partial charge in [-0.3, -0.25) is 9.78 Å². The number of thiophene rings is 1. The Labute approximate surface area is 191 Å². The van der Waals surface area contributed by atoms with Crippen molar-refractivity contribution in [1.29, 1.82) is 0 Å². The molecule has 0 aliphatic carbocycles. The monoisotopic (exact) mass is 441 g/mol. The van der Waals surface area contributed by atoms with Gasteiger partial charge in [-0.25, -0.2) is 9.97 Å². The van der Waals surface area contributed by atoms with Gasteiger partial charge in [-0.1, -0.05) is 18.2 Å². The van der Waals surface area contributed by atoms with Crippen LogP contribution in [0.25, 0.3) is 11.3 Å². The summed E-state index contributed by atoms with van der Waals surface area (Å²) >= 11 is 1.53. The van der Waals surface area contributed by atoms with Crippen LogP contribution >= 0.6 is 11.3 Å². The summed E-state index contributed by atoms with van der Waals surface area (Å²) in [5.41, 5.74) is 2.72. The molecule has 0 radical (unpaired) electrons. The van der Waals surface area contributed by atoms with E-state index < -0.39 is 0 Å². The Morgan fingerprint density at radius 1 is 1.06 bits per heavy atom. The van der Waals surface area contributed by atoms with Gasteiger partial charge in [0, 0.05) is 41.1 Å². The lowest BCUT2D eigenvalue weighted by atomic mass is 10.1. The van der Waals surface area contributed by atoms with Crippen molar-refractivity contribution in [3.8, 4) is 11.3 Å². The zero-order valence-electron chi connectivity index (χ0n) is 17.7. The first-order valence-corrected chi connectivity index (χ1v) is 11.5. The molecule has 4 aromatic rings. The number of anilines is 2. The number of nitrogens with zero attached hydrogens (tertiary/aromatic N) is 4. The standard InChI is InChI=1S/C25H23N5OS/c1-17-9-10-22(32-17)25(31)30-15-5-8-21(30)24-28-20(18-11-13-26-14-12-18)16-23(29-24)27-19-6-3-2-4-7-19/h2-4,6-7,9-14,16,21H,5,8,15H2,1H3,(H,27,28,29). The highest BCUT2D eigenvalue weighted by Crippen LogP contribution is 2.34. The average molecular weight is 442 g/mol. The number of benzene rings is 1. The summed E-state index contributed by atoms with van der Waals surface area (Å²) in [6, 6.07) is 19.5. The zero-order chi connectivity index (χ0) is 21.9. The molecule has 1 aliphatic heterocycles. The second-order valence-electron chi connectivity index (χ2n) is 7.79. The summed E-state index contributed by atoms with van der Waals surface area (Å²) in [7, 11) is 0. The second kappa shape index (κ2) is 8.88. The van der Waals surface area contributed by atoms with Crippen LogP contribution in [0.1, 0.15) is 39.3 Å². The van der Waals surface area contributed by atoms with Gasteiger partial charge >= 0.3 is 0 Å². The Kier molecular flexibility index (Phi) is 5.64. The van der Waals surface area contributed by atoms with Gasteiger partial charge in [0.2, 0.25) is 0 Å². The molecule has 0 bridgehead atoms. The van der Waals surface area contributed by atoms with Gasteiger partial charge in [0.25, 0.3) is 5.91 Å². The van der Waals surface area contributed by atoms with E-state index in [2.05, 4.69) is 10.3 Å². The fraction of sp³-hybridized carbons (Fsp3) is 0.200. The molecule has 1 fully saturated rings. The molecule has 1 unspecified atom stereocenters. The highest BCUT2D eigenvalue weighted by Gasteiger charge is 2.33. The Morgan fingerprint density at radius 2 is 1.88 bits per heavy atom. The molecular formula is C25H23N5OS. The van der Waals surface area contributed by atoms with Crippen molar-refractivity contribution in [1.82, 2.24) is 19.9 Å². The largest absolute Gasteiger partial charge is 0.340 e. The summed E-state index contributed by atoms with van der Waals surface area (Å²) in [6.07, 6.45) is 5.30. The molecule has 1 N–H and O–H groups in total. The van der Waals surface area contributed by atoms with E-state index in [-0.39, 0.29) is 11.9 Å². The molecule has 32 heavy (non-hydrogen) atoms. The Hall–Kier alpha value is -3.58. The van der Waals surface area contributed by atoms with Crippen LogP contribution in [0.5, 0.6) is 0 Å². The quantitative estimate of drug-likeness (QED) is 0.435. The van der Waals surface area contributed by atoms with Crippen LogP contribution in [0.3, 0.4) is 0 Å². The summed E-state index contributed by atoms with van der Waals surface area (Å²) in [6.45, 7) is 2.73. The maximum Gasteiger partial charge on any atom is 0.264 e. The van der Waals surface area contributed by atoms with Gasteiger partial charge in [-0.15, -0.1) is 11.3 Å². The van der Waals surface area contributed by atoms with Crippen LogP contribution in [-0.4, -0.2) is 32.3 Å². The minimum Gasteiger partial charge on any atom is -0.340 e. The first-order chi connectivity index (χ1) is 15.7. The smallest absolute Gasteiger partial charge is 0.264 e. The lowest BCUT2D eigenvalue weighted by molar-refractivity contribution is 0.0735. The molecule has 1 atom stereocenters. The summed E-state index contributed by atoms with van der Waals surface area (Å²) in [5.74, 6) is 1.43. The molecule has 5 rings (SSSR count). The minimum atomic E-state index is -0.150. The molecule has 1 amide bonds. The van der Waals surface area contributed by atoms with E-state index in [1.165, 1.54) is 11.3 Å². The van der Waals surface area contributed by atoms with Crippen molar-refractivity contribution in [2.24, 2.45) is 0 Å². The van der Waals surface area contributed by atoms with Gasteiger partial charge in [0.1, 0.15) is 5.82 Å². The lowest BCUT2D eigenvalue weighted by Gasteiger charge is -2.24. The number of amides is 1. The van der Waals surface area contributed by atoms with Crippen LogP contribution in [0.4, 0.5) is 11.5 Å². The van der Waals surface area contributed by atoms with Gasteiger partial charge < -0.3 is 10.2 Å². The lowest BCUT2D eigenvalue weighted by Crippen LogP contribution is -2.31. The minimum absolute atomic E-state index is 0.0566.